The zero-order chi connectivity index (χ0) is 12.9. The van der Waals surface area contributed by atoms with Crippen LogP contribution in [0.2, 0.25) is 0 Å². The molecule has 3 rings (SSSR count). The Morgan fingerprint density at radius 2 is 1.06 bits per heavy atom. The average Bonchev–Trinajstić information content (AvgIpc) is 2.31. The zero-order valence-electron chi connectivity index (χ0n) is 8.64. The van der Waals surface area contributed by atoms with Gasteiger partial charge in [0.05, 0.1) is 9.79 Å². The van der Waals surface area contributed by atoms with Crippen molar-refractivity contribution in [3.05, 3.63) is 42.2 Å². The smallest absolute Gasteiger partial charge is 0.142 e. The number of hydrogen-bond donors (Lipinski definition) is 0. The van der Waals surface area contributed by atoms with E-state index in [1.165, 1.54) is 0 Å². The zero-order valence-corrected chi connectivity index (χ0v) is 15.8. The van der Waals surface area contributed by atoms with Crippen molar-refractivity contribution < 1.29 is 4.74 Å². The molecular formula is C12H4Br4OS. The lowest BCUT2D eigenvalue weighted by Crippen LogP contribution is -1.95. The van der Waals surface area contributed by atoms with Gasteiger partial charge in [-0.3, -0.25) is 0 Å². The summed E-state index contributed by atoms with van der Waals surface area (Å²) in [5, 5.41) is 0. The number of halogens is 4. The molecule has 0 aliphatic carbocycles. The van der Waals surface area contributed by atoms with Crippen LogP contribution in [0.5, 0.6) is 11.5 Å². The highest BCUT2D eigenvalue weighted by Gasteiger charge is 2.20. The molecule has 0 unspecified atom stereocenters. The lowest BCUT2D eigenvalue weighted by Gasteiger charge is -2.20. The molecule has 0 radical (unpaired) electrons. The van der Waals surface area contributed by atoms with Crippen molar-refractivity contribution in [2.24, 2.45) is 0 Å². The minimum absolute atomic E-state index is 0.872. The summed E-state index contributed by atoms with van der Waals surface area (Å²) < 4.78 is 9.95. The van der Waals surface area contributed by atoms with E-state index in [9.17, 15) is 0 Å². The maximum atomic E-state index is 5.93. The Labute approximate surface area is 142 Å². The molecule has 0 saturated heterocycles. The number of fused-ring (bicyclic) bond motifs is 2. The van der Waals surface area contributed by atoms with E-state index in [4.69, 9.17) is 4.74 Å². The molecule has 0 aromatic heterocycles. The molecule has 1 nitrogen and oxygen atoms in total. The number of ether oxygens (including phenoxy) is 1. The van der Waals surface area contributed by atoms with E-state index in [0.717, 1.165) is 39.2 Å². The molecule has 0 bridgehead atoms. The van der Waals surface area contributed by atoms with E-state index in [0.29, 0.717) is 0 Å². The molecule has 1 heterocycles. The Kier molecular flexibility index (Phi) is 3.84. The van der Waals surface area contributed by atoms with Gasteiger partial charge in [-0.15, -0.1) is 0 Å². The summed E-state index contributed by atoms with van der Waals surface area (Å²) in [5.74, 6) is 1.74. The monoisotopic (exact) mass is 512 g/mol. The molecule has 0 saturated carbocycles. The number of hydrogen-bond acceptors (Lipinski definition) is 2. The van der Waals surface area contributed by atoms with Crippen molar-refractivity contribution in [1.82, 2.24) is 0 Å². The van der Waals surface area contributed by atoms with Gasteiger partial charge in [-0.1, -0.05) is 11.8 Å². The Hall–Kier alpha value is 0.510. The third kappa shape index (κ3) is 2.42. The second kappa shape index (κ2) is 5.13. The van der Waals surface area contributed by atoms with E-state index >= 15 is 0 Å². The van der Waals surface area contributed by atoms with Gasteiger partial charge in [0.15, 0.2) is 0 Å². The van der Waals surface area contributed by atoms with Gasteiger partial charge < -0.3 is 4.74 Å². The fourth-order valence-corrected chi connectivity index (χ4v) is 4.20. The number of rotatable bonds is 0. The van der Waals surface area contributed by atoms with Crippen LogP contribution in [-0.2, 0) is 0 Å². The maximum Gasteiger partial charge on any atom is 0.142 e. The minimum atomic E-state index is 0.872. The van der Waals surface area contributed by atoms with Crippen LogP contribution in [0.15, 0.2) is 51.9 Å². The average molecular weight is 516 g/mol. The highest BCUT2D eigenvalue weighted by Crippen LogP contribution is 2.50. The first-order chi connectivity index (χ1) is 8.54. The molecule has 6 heteroatoms. The lowest BCUT2D eigenvalue weighted by atomic mass is 10.3. The summed E-state index contributed by atoms with van der Waals surface area (Å²) in [6.07, 6.45) is 0. The van der Waals surface area contributed by atoms with E-state index in [1.54, 1.807) is 11.8 Å². The van der Waals surface area contributed by atoms with Gasteiger partial charge in [0.25, 0.3) is 0 Å². The first-order valence-corrected chi connectivity index (χ1v) is 8.87. The Bertz CT molecular complexity index is 546. The fraction of sp³-hybridized carbons (Fsp3) is 0. The van der Waals surface area contributed by atoms with Crippen LogP contribution < -0.4 is 4.74 Å². The van der Waals surface area contributed by atoms with Gasteiger partial charge in [0, 0.05) is 17.9 Å². The fourth-order valence-electron chi connectivity index (χ4n) is 1.58. The quantitative estimate of drug-likeness (QED) is 0.319. The van der Waals surface area contributed by atoms with Gasteiger partial charge in [0.1, 0.15) is 11.5 Å². The first-order valence-electron chi connectivity index (χ1n) is 4.88. The SMILES string of the molecule is Brc1cc2c(cc1Br)Sc1cc(Br)c(Br)cc1O2. The van der Waals surface area contributed by atoms with Crippen LogP contribution in [0.1, 0.15) is 0 Å². The van der Waals surface area contributed by atoms with Crippen molar-refractivity contribution in [3.63, 3.8) is 0 Å². The summed E-state index contributed by atoms with van der Waals surface area (Å²) >= 11 is 15.7. The molecule has 0 N–H and O–H groups in total. The van der Waals surface area contributed by atoms with Gasteiger partial charge in [-0.05, 0) is 88.0 Å². The summed E-state index contributed by atoms with van der Waals surface area (Å²) in [7, 11) is 0. The topological polar surface area (TPSA) is 9.23 Å². The normalized spacial score (nSPS) is 12.7. The van der Waals surface area contributed by atoms with E-state index < -0.39 is 0 Å². The molecular weight excluding hydrogens is 512 g/mol. The third-order valence-corrected chi connectivity index (χ3v) is 7.18. The minimum Gasteiger partial charge on any atom is -0.455 e. The summed E-state index contributed by atoms with van der Waals surface area (Å²) in [5.41, 5.74) is 0. The Morgan fingerprint density at radius 1 is 0.667 bits per heavy atom. The summed E-state index contributed by atoms with van der Waals surface area (Å²) in [4.78, 5) is 2.21. The summed E-state index contributed by atoms with van der Waals surface area (Å²) in [6.45, 7) is 0. The van der Waals surface area contributed by atoms with Crippen LogP contribution in [-0.4, -0.2) is 0 Å². The highest BCUT2D eigenvalue weighted by atomic mass is 79.9. The van der Waals surface area contributed by atoms with Crippen LogP contribution >= 0.6 is 75.5 Å². The summed E-state index contributed by atoms with van der Waals surface area (Å²) in [6, 6.07) is 8.07. The van der Waals surface area contributed by atoms with Crippen molar-refractivity contribution in [3.8, 4) is 11.5 Å². The van der Waals surface area contributed by atoms with Crippen molar-refractivity contribution in [2.75, 3.05) is 0 Å². The standard InChI is InChI=1S/C12H4Br4OS/c13-5-1-9-11(3-7(5)15)18-12-4-8(16)6(14)2-10(12)17-9/h1-4H. The van der Waals surface area contributed by atoms with Crippen molar-refractivity contribution in [1.29, 1.82) is 0 Å². The lowest BCUT2D eigenvalue weighted by molar-refractivity contribution is 0.453. The maximum absolute atomic E-state index is 5.93. The molecule has 1 aliphatic rings. The molecule has 18 heavy (non-hydrogen) atoms. The molecule has 0 atom stereocenters. The van der Waals surface area contributed by atoms with E-state index in [-0.39, 0.29) is 0 Å². The van der Waals surface area contributed by atoms with E-state index in [1.807, 2.05) is 12.1 Å². The second-order valence-corrected chi connectivity index (χ2v) is 8.13. The predicted octanol–water partition coefficient (Wildman–Crippen LogP) is 6.99. The largest absolute Gasteiger partial charge is 0.455 e. The highest BCUT2D eigenvalue weighted by molar-refractivity contribution is 9.13. The molecule has 92 valence electrons. The van der Waals surface area contributed by atoms with Gasteiger partial charge in [0.2, 0.25) is 0 Å². The first kappa shape index (κ1) is 13.5. The Morgan fingerprint density at radius 3 is 1.50 bits per heavy atom. The number of benzene rings is 2. The van der Waals surface area contributed by atoms with E-state index in [2.05, 4.69) is 75.9 Å². The predicted molar refractivity (Wildman–Crippen MR) is 87.9 cm³/mol. The van der Waals surface area contributed by atoms with Crippen LogP contribution in [0, 0.1) is 0 Å². The Balaban J connectivity index is 2.12. The van der Waals surface area contributed by atoms with Crippen molar-refractivity contribution in [2.45, 2.75) is 9.79 Å². The molecule has 0 spiro atoms. The van der Waals surface area contributed by atoms with Gasteiger partial charge in [-0.25, -0.2) is 0 Å². The molecule has 0 fully saturated rings. The van der Waals surface area contributed by atoms with Crippen LogP contribution in [0.4, 0.5) is 0 Å². The second-order valence-electron chi connectivity index (χ2n) is 3.63. The van der Waals surface area contributed by atoms with Crippen molar-refractivity contribution >= 4 is 75.5 Å². The van der Waals surface area contributed by atoms with Crippen LogP contribution in [0.25, 0.3) is 0 Å². The molecule has 2 aromatic carbocycles. The van der Waals surface area contributed by atoms with Gasteiger partial charge in [-0.2, -0.15) is 0 Å². The molecule has 2 aromatic rings. The molecule has 0 amide bonds. The van der Waals surface area contributed by atoms with Gasteiger partial charge >= 0.3 is 0 Å². The van der Waals surface area contributed by atoms with Crippen LogP contribution in [0.3, 0.4) is 0 Å². The molecule has 1 aliphatic heterocycles. The third-order valence-electron chi connectivity index (χ3n) is 2.41.